The highest BCUT2D eigenvalue weighted by atomic mass is 16.5. The summed E-state index contributed by atoms with van der Waals surface area (Å²) >= 11 is 0. The van der Waals surface area contributed by atoms with Crippen molar-refractivity contribution >= 4 is 5.78 Å². The molecule has 5 heteroatoms. The number of nitrogens with zero attached hydrogens (tertiary/aromatic N) is 2. The van der Waals surface area contributed by atoms with Gasteiger partial charge in [0.25, 0.3) is 5.89 Å². The van der Waals surface area contributed by atoms with E-state index in [4.69, 9.17) is 9.26 Å². The number of aryl methyl sites for hydroxylation is 1. The Kier molecular flexibility index (Phi) is 3.21. The number of carbonyl (C=O) groups excluding carboxylic acids is 1. The van der Waals surface area contributed by atoms with Gasteiger partial charge in [-0.25, -0.2) is 0 Å². The van der Waals surface area contributed by atoms with Gasteiger partial charge in [0, 0.05) is 17.9 Å². The lowest BCUT2D eigenvalue weighted by molar-refractivity contribution is 0.0972. The van der Waals surface area contributed by atoms with Crippen molar-refractivity contribution in [1.29, 1.82) is 0 Å². The molecule has 0 aliphatic heterocycles. The molecule has 1 aromatic carbocycles. The molecular weight excluding hydrogens is 280 g/mol. The van der Waals surface area contributed by atoms with Crippen molar-refractivity contribution in [2.75, 3.05) is 0 Å². The van der Waals surface area contributed by atoms with Crippen molar-refractivity contribution in [2.45, 2.75) is 51.0 Å². The summed E-state index contributed by atoms with van der Waals surface area (Å²) in [6.45, 7) is 1.90. The Labute approximate surface area is 128 Å². The molecule has 22 heavy (non-hydrogen) atoms. The van der Waals surface area contributed by atoms with Gasteiger partial charge in [0.15, 0.2) is 17.7 Å². The molecule has 0 saturated heterocycles. The van der Waals surface area contributed by atoms with Gasteiger partial charge in [-0.1, -0.05) is 5.16 Å². The first-order valence-corrected chi connectivity index (χ1v) is 7.87. The summed E-state index contributed by atoms with van der Waals surface area (Å²) < 4.78 is 11.2. The third-order valence-corrected chi connectivity index (χ3v) is 4.29. The molecule has 2 aliphatic carbocycles. The molecule has 0 bridgehead atoms. The fraction of sp³-hybridized carbons (Fsp3) is 0.471. The van der Waals surface area contributed by atoms with Gasteiger partial charge in [-0.2, -0.15) is 4.98 Å². The largest absolute Gasteiger partial charge is 0.481 e. The second kappa shape index (κ2) is 5.23. The number of hydrogen-bond acceptors (Lipinski definition) is 5. The molecule has 1 aromatic heterocycles. The topological polar surface area (TPSA) is 65.2 Å². The van der Waals surface area contributed by atoms with Crippen LogP contribution in [-0.2, 0) is 6.42 Å². The first-order chi connectivity index (χ1) is 10.7. The summed E-state index contributed by atoms with van der Waals surface area (Å²) in [6.07, 6.45) is 4.49. The highest BCUT2D eigenvalue weighted by molar-refractivity contribution is 5.98. The standard InChI is InChI=1S/C17H18N2O3/c1-10(17-18-16(19-22-17)11-5-6-11)21-13-7-8-14-12(9-13)3-2-4-15(14)20/h7-11H,2-6H2,1H3. The lowest BCUT2D eigenvalue weighted by Gasteiger charge is -2.17. The molecule has 0 spiro atoms. The van der Waals surface area contributed by atoms with Crippen LogP contribution < -0.4 is 4.74 Å². The van der Waals surface area contributed by atoms with Crippen LogP contribution in [0.3, 0.4) is 0 Å². The number of fused-ring (bicyclic) bond motifs is 1. The molecule has 1 saturated carbocycles. The fourth-order valence-corrected chi connectivity index (χ4v) is 2.87. The average Bonchev–Trinajstić information content (AvgIpc) is 3.24. The van der Waals surface area contributed by atoms with Crippen molar-refractivity contribution in [3.63, 3.8) is 0 Å². The molecule has 1 fully saturated rings. The second-order valence-electron chi connectivity index (χ2n) is 6.12. The summed E-state index contributed by atoms with van der Waals surface area (Å²) in [5.74, 6) is 2.75. The summed E-state index contributed by atoms with van der Waals surface area (Å²) in [4.78, 5) is 16.2. The van der Waals surface area contributed by atoms with Crippen LogP contribution in [0.1, 0.15) is 72.3 Å². The van der Waals surface area contributed by atoms with Crippen molar-refractivity contribution in [1.82, 2.24) is 10.1 Å². The maximum Gasteiger partial charge on any atom is 0.267 e. The Balaban J connectivity index is 1.51. The number of aromatic nitrogens is 2. The van der Waals surface area contributed by atoms with Crippen molar-refractivity contribution < 1.29 is 14.1 Å². The van der Waals surface area contributed by atoms with E-state index in [0.29, 0.717) is 18.2 Å². The van der Waals surface area contributed by atoms with E-state index in [9.17, 15) is 4.79 Å². The van der Waals surface area contributed by atoms with Crippen molar-refractivity contribution in [3.05, 3.63) is 41.0 Å². The monoisotopic (exact) mass is 298 g/mol. The Bertz CT molecular complexity index is 718. The van der Waals surface area contributed by atoms with Crippen LogP contribution >= 0.6 is 0 Å². The van der Waals surface area contributed by atoms with Gasteiger partial charge in [-0.15, -0.1) is 0 Å². The van der Waals surface area contributed by atoms with Crippen molar-refractivity contribution in [2.24, 2.45) is 0 Å². The zero-order valence-corrected chi connectivity index (χ0v) is 12.5. The number of carbonyl (C=O) groups is 1. The molecule has 0 amide bonds. The summed E-state index contributed by atoms with van der Waals surface area (Å²) in [5.41, 5.74) is 1.91. The molecule has 1 atom stereocenters. The molecule has 0 N–H and O–H groups in total. The zero-order valence-electron chi connectivity index (χ0n) is 12.5. The third kappa shape index (κ3) is 2.51. The fourth-order valence-electron chi connectivity index (χ4n) is 2.87. The molecule has 5 nitrogen and oxygen atoms in total. The minimum absolute atomic E-state index is 0.229. The van der Waals surface area contributed by atoms with Crippen LogP contribution in [0.15, 0.2) is 22.7 Å². The second-order valence-corrected chi connectivity index (χ2v) is 6.12. The van der Waals surface area contributed by atoms with Gasteiger partial charge in [-0.05, 0) is 56.4 Å². The Morgan fingerprint density at radius 3 is 3.00 bits per heavy atom. The van der Waals surface area contributed by atoms with E-state index < -0.39 is 0 Å². The SMILES string of the molecule is CC(Oc1ccc2c(c1)CCCC2=O)c1nc(C2CC2)no1. The number of benzene rings is 1. The predicted octanol–water partition coefficient (Wildman–Crippen LogP) is 3.61. The number of ether oxygens (including phenoxy) is 1. The molecule has 2 aromatic rings. The van der Waals surface area contributed by atoms with E-state index >= 15 is 0 Å². The number of hydrogen-bond donors (Lipinski definition) is 0. The Morgan fingerprint density at radius 1 is 1.32 bits per heavy atom. The van der Waals surface area contributed by atoms with Crippen LogP contribution in [0.2, 0.25) is 0 Å². The number of rotatable bonds is 4. The maximum atomic E-state index is 11.8. The smallest absolute Gasteiger partial charge is 0.267 e. The van der Waals surface area contributed by atoms with Gasteiger partial charge >= 0.3 is 0 Å². The van der Waals surface area contributed by atoms with Crippen LogP contribution in [0.4, 0.5) is 0 Å². The van der Waals surface area contributed by atoms with E-state index in [-0.39, 0.29) is 11.9 Å². The van der Waals surface area contributed by atoms with Crippen LogP contribution in [0.5, 0.6) is 5.75 Å². The normalized spacial score (nSPS) is 18.9. The summed E-state index contributed by atoms with van der Waals surface area (Å²) in [6, 6.07) is 5.67. The van der Waals surface area contributed by atoms with Gasteiger partial charge in [0.05, 0.1) is 0 Å². The maximum absolute atomic E-state index is 11.8. The molecule has 4 rings (SSSR count). The molecule has 114 valence electrons. The van der Waals surface area contributed by atoms with E-state index in [2.05, 4.69) is 10.1 Å². The molecule has 0 radical (unpaired) electrons. The van der Waals surface area contributed by atoms with Crippen molar-refractivity contribution in [3.8, 4) is 5.75 Å². The van der Waals surface area contributed by atoms with E-state index in [1.54, 1.807) is 0 Å². The third-order valence-electron chi connectivity index (χ3n) is 4.29. The van der Waals surface area contributed by atoms with E-state index in [1.165, 1.54) is 0 Å². The lowest BCUT2D eigenvalue weighted by Crippen LogP contribution is -2.11. The summed E-state index contributed by atoms with van der Waals surface area (Å²) in [5, 5.41) is 4.01. The van der Waals surface area contributed by atoms with Crippen LogP contribution in [0.25, 0.3) is 0 Å². The number of ketones is 1. The van der Waals surface area contributed by atoms with Gasteiger partial charge in [0.1, 0.15) is 5.75 Å². The first-order valence-electron chi connectivity index (χ1n) is 7.87. The highest BCUT2D eigenvalue weighted by Crippen LogP contribution is 2.38. The van der Waals surface area contributed by atoms with E-state index in [1.807, 2.05) is 25.1 Å². The first kappa shape index (κ1) is 13.5. The predicted molar refractivity (Wildman–Crippen MR) is 79.0 cm³/mol. The number of Topliss-reactive ketones (excluding diaryl/α,β-unsaturated/α-hetero) is 1. The summed E-state index contributed by atoms with van der Waals surface area (Å²) in [7, 11) is 0. The molecule has 1 unspecified atom stereocenters. The Morgan fingerprint density at radius 2 is 2.18 bits per heavy atom. The minimum Gasteiger partial charge on any atom is -0.481 e. The molecular formula is C17H18N2O3. The molecule has 1 heterocycles. The van der Waals surface area contributed by atoms with Crippen LogP contribution in [-0.4, -0.2) is 15.9 Å². The zero-order chi connectivity index (χ0) is 15.1. The quantitative estimate of drug-likeness (QED) is 0.862. The van der Waals surface area contributed by atoms with Crippen LogP contribution in [0, 0.1) is 0 Å². The minimum atomic E-state index is -0.294. The Hall–Kier alpha value is -2.17. The average molecular weight is 298 g/mol. The van der Waals surface area contributed by atoms with E-state index in [0.717, 1.165) is 48.4 Å². The molecule has 2 aliphatic rings. The lowest BCUT2D eigenvalue weighted by atomic mass is 9.90. The van der Waals surface area contributed by atoms with Gasteiger partial charge < -0.3 is 9.26 Å². The van der Waals surface area contributed by atoms with Gasteiger partial charge in [0.2, 0.25) is 0 Å². The van der Waals surface area contributed by atoms with Gasteiger partial charge in [-0.3, -0.25) is 4.79 Å². The highest BCUT2D eigenvalue weighted by Gasteiger charge is 2.30.